The maximum Gasteiger partial charge on any atom is 0.224 e. The second kappa shape index (κ2) is 9.41. The summed E-state index contributed by atoms with van der Waals surface area (Å²) in [5.41, 5.74) is 0. The molecule has 142 valence electrons. The fourth-order valence-electron chi connectivity index (χ4n) is 4.41. The molecule has 2 N–H and O–H groups in total. The molecule has 1 aliphatic carbocycles. The van der Waals surface area contributed by atoms with E-state index in [9.17, 15) is 4.79 Å². The van der Waals surface area contributed by atoms with Gasteiger partial charge in [-0.2, -0.15) is 0 Å². The smallest absolute Gasteiger partial charge is 0.224 e. The van der Waals surface area contributed by atoms with Crippen LogP contribution in [0.5, 0.6) is 0 Å². The van der Waals surface area contributed by atoms with E-state index in [-0.39, 0.29) is 5.91 Å². The minimum atomic E-state index is 0.255. The van der Waals surface area contributed by atoms with Crippen LogP contribution in [-0.2, 0) is 4.79 Å². The zero-order chi connectivity index (χ0) is 17.5. The van der Waals surface area contributed by atoms with Crippen LogP contribution in [0.4, 0.5) is 0 Å². The lowest BCUT2D eigenvalue weighted by atomic mass is 10.2. The Labute approximate surface area is 152 Å². The molecule has 3 fully saturated rings. The number of aliphatic imine (C=N–C) groups is 1. The fourth-order valence-corrected chi connectivity index (χ4v) is 4.41. The molecule has 1 saturated carbocycles. The van der Waals surface area contributed by atoms with E-state index in [1.165, 1.54) is 38.6 Å². The lowest BCUT2D eigenvalue weighted by Crippen LogP contribution is -2.45. The second-order valence-electron chi connectivity index (χ2n) is 7.66. The Bertz CT molecular complexity index is 455. The number of carbonyl (C=O) groups is 1. The Morgan fingerprint density at radius 1 is 1.08 bits per heavy atom. The van der Waals surface area contributed by atoms with Crippen molar-refractivity contribution in [3.8, 4) is 0 Å². The summed E-state index contributed by atoms with van der Waals surface area (Å²) >= 11 is 0. The molecular weight excluding hydrogens is 314 g/mol. The van der Waals surface area contributed by atoms with Crippen LogP contribution in [0.3, 0.4) is 0 Å². The van der Waals surface area contributed by atoms with E-state index in [0.717, 1.165) is 51.0 Å². The first-order chi connectivity index (χ1) is 12.3. The van der Waals surface area contributed by atoms with Gasteiger partial charge in [0.25, 0.3) is 0 Å². The van der Waals surface area contributed by atoms with Gasteiger partial charge in [-0.15, -0.1) is 0 Å². The van der Waals surface area contributed by atoms with Crippen LogP contribution < -0.4 is 10.6 Å². The molecule has 0 aromatic rings. The maximum atomic E-state index is 12.1. The number of hydrogen-bond acceptors (Lipinski definition) is 3. The number of nitrogens with one attached hydrogen (secondary N) is 2. The normalized spacial score (nSPS) is 25.7. The summed E-state index contributed by atoms with van der Waals surface area (Å²) in [5, 5.41) is 6.92. The van der Waals surface area contributed by atoms with Gasteiger partial charge >= 0.3 is 0 Å². The van der Waals surface area contributed by atoms with Crippen LogP contribution in [0.25, 0.3) is 0 Å². The highest BCUT2D eigenvalue weighted by molar-refractivity contribution is 5.81. The Morgan fingerprint density at radius 2 is 1.84 bits per heavy atom. The monoisotopic (exact) mass is 349 g/mol. The topological polar surface area (TPSA) is 60.0 Å². The van der Waals surface area contributed by atoms with E-state index < -0.39 is 0 Å². The molecule has 1 unspecified atom stereocenters. The third-order valence-electron chi connectivity index (χ3n) is 5.80. The highest BCUT2D eigenvalue weighted by atomic mass is 16.2. The van der Waals surface area contributed by atoms with Crippen molar-refractivity contribution < 1.29 is 4.79 Å². The quantitative estimate of drug-likeness (QED) is 0.564. The van der Waals surface area contributed by atoms with Gasteiger partial charge in [0.2, 0.25) is 5.91 Å². The highest BCUT2D eigenvalue weighted by Gasteiger charge is 2.30. The van der Waals surface area contributed by atoms with Crippen molar-refractivity contribution in [1.29, 1.82) is 0 Å². The van der Waals surface area contributed by atoms with Crippen molar-refractivity contribution >= 4 is 11.9 Å². The van der Waals surface area contributed by atoms with Gasteiger partial charge in [-0.05, 0) is 39.0 Å². The first-order valence-corrected chi connectivity index (χ1v) is 10.3. The number of rotatable bonds is 6. The standard InChI is InChI=1S/C19H35N5O/c1-2-20-19(21-11-9-18(25)23-12-5-6-13-23)22-16-10-14-24(15-16)17-7-3-4-8-17/h16-17H,2-15H2,1H3,(H2,20,21,22). The minimum Gasteiger partial charge on any atom is -0.357 e. The summed E-state index contributed by atoms with van der Waals surface area (Å²) in [5.74, 6) is 1.13. The van der Waals surface area contributed by atoms with Gasteiger partial charge < -0.3 is 15.5 Å². The van der Waals surface area contributed by atoms with Crippen molar-refractivity contribution in [3.05, 3.63) is 0 Å². The molecule has 25 heavy (non-hydrogen) atoms. The molecule has 2 saturated heterocycles. The van der Waals surface area contributed by atoms with E-state index in [1.54, 1.807) is 0 Å². The highest BCUT2D eigenvalue weighted by Crippen LogP contribution is 2.26. The number of likely N-dealkylation sites (tertiary alicyclic amines) is 2. The van der Waals surface area contributed by atoms with E-state index in [2.05, 4.69) is 27.4 Å². The summed E-state index contributed by atoms with van der Waals surface area (Å²) in [6.07, 6.45) is 9.56. The molecule has 0 aromatic carbocycles. The molecule has 2 heterocycles. The lowest BCUT2D eigenvalue weighted by Gasteiger charge is -2.24. The van der Waals surface area contributed by atoms with Crippen LogP contribution in [0.2, 0.25) is 0 Å². The van der Waals surface area contributed by atoms with Gasteiger partial charge in [-0.3, -0.25) is 14.7 Å². The molecule has 1 atom stereocenters. The average molecular weight is 350 g/mol. The molecule has 3 rings (SSSR count). The number of carbonyl (C=O) groups excluding carboxylic acids is 1. The van der Waals surface area contributed by atoms with Gasteiger partial charge in [-0.25, -0.2) is 0 Å². The van der Waals surface area contributed by atoms with Gasteiger partial charge in [0.1, 0.15) is 0 Å². The molecule has 3 aliphatic rings. The van der Waals surface area contributed by atoms with Crippen LogP contribution in [-0.4, -0.2) is 73.0 Å². The number of guanidine groups is 1. The Morgan fingerprint density at radius 3 is 2.56 bits per heavy atom. The Balaban J connectivity index is 1.43. The predicted octanol–water partition coefficient (Wildman–Crippen LogP) is 1.57. The van der Waals surface area contributed by atoms with Crippen molar-refractivity contribution in [3.63, 3.8) is 0 Å². The lowest BCUT2D eigenvalue weighted by molar-refractivity contribution is -0.129. The van der Waals surface area contributed by atoms with E-state index in [1.807, 2.05) is 4.90 Å². The Hall–Kier alpha value is -1.30. The third-order valence-corrected chi connectivity index (χ3v) is 5.80. The largest absolute Gasteiger partial charge is 0.357 e. The average Bonchev–Trinajstić information content (AvgIpc) is 3.36. The third kappa shape index (κ3) is 5.33. The summed E-state index contributed by atoms with van der Waals surface area (Å²) in [4.78, 5) is 21.4. The molecule has 0 aromatic heterocycles. The first-order valence-electron chi connectivity index (χ1n) is 10.3. The molecule has 2 aliphatic heterocycles. The van der Waals surface area contributed by atoms with Gasteiger partial charge in [-0.1, -0.05) is 12.8 Å². The predicted molar refractivity (Wildman–Crippen MR) is 102 cm³/mol. The van der Waals surface area contributed by atoms with Gasteiger partial charge in [0.15, 0.2) is 5.96 Å². The maximum absolute atomic E-state index is 12.1. The fraction of sp³-hybridized carbons (Fsp3) is 0.895. The zero-order valence-corrected chi connectivity index (χ0v) is 15.8. The molecule has 0 bridgehead atoms. The summed E-state index contributed by atoms with van der Waals surface area (Å²) in [7, 11) is 0. The first kappa shape index (κ1) is 18.5. The SMILES string of the molecule is CCNC(=NCCC(=O)N1CCCC1)NC1CCN(C2CCCC2)C1. The molecule has 1 amide bonds. The molecule has 6 heteroatoms. The van der Waals surface area contributed by atoms with Crippen LogP contribution in [0.15, 0.2) is 4.99 Å². The van der Waals surface area contributed by atoms with Crippen LogP contribution in [0, 0.1) is 0 Å². The number of amides is 1. The Kier molecular flexibility index (Phi) is 6.96. The summed E-state index contributed by atoms with van der Waals surface area (Å²) in [6.45, 7) is 7.71. The van der Waals surface area contributed by atoms with Crippen molar-refractivity contribution in [1.82, 2.24) is 20.4 Å². The van der Waals surface area contributed by atoms with E-state index >= 15 is 0 Å². The number of hydrogen-bond donors (Lipinski definition) is 2. The minimum absolute atomic E-state index is 0.255. The molecule has 6 nitrogen and oxygen atoms in total. The molecule has 0 radical (unpaired) electrons. The van der Waals surface area contributed by atoms with Crippen molar-refractivity contribution in [2.45, 2.75) is 70.4 Å². The van der Waals surface area contributed by atoms with Gasteiger partial charge in [0, 0.05) is 51.2 Å². The van der Waals surface area contributed by atoms with Crippen LogP contribution in [0.1, 0.15) is 58.3 Å². The second-order valence-corrected chi connectivity index (χ2v) is 7.66. The summed E-state index contributed by atoms with van der Waals surface area (Å²) in [6, 6.07) is 1.29. The van der Waals surface area contributed by atoms with Crippen molar-refractivity contribution in [2.75, 3.05) is 39.3 Å². The van der Waals surface area contributed by atoms with E-state index in [0.29, 0.717) is 19.0 Å². The zero-order valence-electron chi connectivity index (χ0n) is 15.8. The molecule has 0 spiro atoms. The van der Waals surface area contributed by atoms with Gasteiger partial charge in [0.05, 0.1) is 6.54 Å². The van der Waals surface area contributed by atoms with E-state index in [4.69, 9.17) is 0 Å². The number of nitrogens with zero attached hydrogens (tertiary/aromatic N) is 3. The van der Waals surface area contributed by atoms with Crippen LogP contribution >= 0.6 is 0 Å². The summed E-state index contributed by atoms with van der Waals surface area (Å²) < 4.78 is 0. The van der Waals surface area contributed by atoms with Crippen molar-refractivity contribution in [2.24, 2.45) is 4.99 Å². The molecular formula is C19H35N5O.